The van der Waals surface area contributed by atoms with E-state index in [4.69, 9.17) is 5.26 Å². The van der Waals surface area contributed by atoms with Crippen LogP contribution in [0.4, 0.5) is 0 Å². The van der Waals surface area contributed by atoms with Crippen molar-refractivity contribution < 1.29 is 4.79 Å². The molecular formula is C10H8BrNO. The smallest absolute Gasteiger partial charge is 0.160 e. The summed E-state index contributed by atoms with van der Waals surface area (Å²) in [6.07, 6.45) is 0. The minimum atomic E-state index is -0.0385. The highest BCUT2D eigenvalue weighted by Gasteiger charge is 2.10. The van der Waals surface area contributed by atoms with Crippen LogP contribution in [-0.2, 0) is 0 Å². The molecule has 1 aromatic carbocycles. The number of ketones is 1. The van der Waals surface area contributed by atoms with Crippen molar-refractivity contribution in [3.05, 3.63) is 33.3 Å². The van der Waals surface area contributed by atoms with E-state index in [-0.39, 0.29) is 5.78 Å². The number of hydrogen-bond donors (Lipinski definition) is 0. The Morgan fingerprint density at radius 2 is 2.15 bits per heavy atom. The van der Waals surface area contributed by atoms with Gasteiger partial charge < -0.3 is 0 Å². The number of nitrogens with zero attached hydrogens (tertiary/aromatic N) is 1. The molecule has 0 aliphatic heterocycles. The van der Waals surface area contributed by atoms with Crippen molar-refractivity contribution in [2.75, 3.05) is 0 Å². The Labute approximate surface area is 85.3 Å². The van der Waals surface area contributed by atoms with Crippen LogP contribution in [0.15, 0.2) is 16.6 Å². The third-order valence-electron chi connectivity index (χ3n) is 1.84. The number of halogens is 1. The largest absolute Gasteiger partial charge is 0.294 e. The third kappa shape index (κ3) is 1.78. The van der Waals surface area contributed by atoms with Gasteiger partial charge in [-0.05, 0) is 41.4 Å². The summed E-state index contributed by atoms with van der Waals surface area (Å²) in [5.41, 5.74) is 1.97. The standard InChI is InChI=1S/C10H8BrNO/c1-6-3-4-8(7(2)13)10(11)9(6)5-12/h3-4H,1-2H3. The SMILES string of the molecule is CC(=O)c1ccc(C)c(C#N)c1Br. The molecule has 0 bridgehead atoms. The molecule has 0 aromatic heterocycles. The minimum Gasteiger partial charge on any atom is -0.294 e. The minimum absolute atomic E-state index is 0.0385. The molecule has 1 aromatic rings. The van der Waals surface area contributed by atoms with Crippen molar-refractivity contribution in [3.63, 3.8) is 0 Å². The molecular weight excluding hydrogens is 230 g/mol. The van der Waals surface area contributed by atoms with E-state index >= 15 is 0 Å². The van der Waals surface area contributed by atoms with E-state index in [0.29, 0.717) is 15.6 Å². The lowest BCUT2D eigenvalue weighted by molar-refractivity contribution is 0.101. The van der Waals surface area contributed by atoms with Gasteiger partial charge in [0, 0.05) is 10.0 Å². The molecule has 0 amide bonds. The van der Waals surface area contributed by atoms with Gasteiger partial charge in [-0.3, -0.25) is 4.79 Å². The number of hydrogen-bond acceptors (Lipinski definition) is 2. The average Bonchev–Trinajstić information content (AvgIpc) is 2.04. The molecule has 0 radical (unpaired) electrons. The van der Waals surface area contributed by atoms with Gasteiger partial charge >= 0.3 is 0 Å². The Morgan fingerprint density at radius 1 is 1.54 bits per heavy atom. The van der Waals surface area contributed by atoms with Gasteiger partial charge in [0.2, 0.25) is 0 Å². The fraction of sp³-hybridized carbons (Fsp3) is 0.200. The number of benzene rings is 1. The number of carbonyl (C=O) groups is 1. The lowest BCUT2D eigenvalue weighted by Crippen LogP contribution is -1.97. The van der Waals surface area contributed by atoms with Crippen molar-refractivity contribution in [1.29, 1.82) is 5.26 Å². The fourth-order valence-electron chi connectivity index (χ4n) is 1.08. The van der Waals surface area contributed by atoms with Gasteiger partial charge in [-0.2, -0.15) is 5.26 Å². The van der Waals surface area contributed by atoms with E-state index < -0.39 is 0 Å². The van der Waals surface area contributed by atoms with E-state index in [0.717, 1.165) is 5.56 Å². The van der Waals surface area contributed by atoms with Crippen LogP contribution in [0, 0.1) is 18.3 Å². The van der Waals surface area contributed by atoms with Crippen LogP contribution in [0.1, 0.15) is 28.4 Å². The molecule has 0 aliphatic carbocycles. The van der Waals surface area contributed by atoms with Crippen LogP contribution < -0.4 is 0 Å². The normalized spacial score (nSPS) is 9.38. The van der Waals surface area contributed by atoms with E-state index in [1.165, 1.54) is 6.92 Å². The summed E-state index contributed by atoms with van der Waals surface area (Å²) in [7, 11) is 0. The van der Waals surface area contributed by atoms with Gasteiger partial charge in [-0.25, -0.2) is 0 Å². The molecule has 1 rings (SSSR count). The highest BCUT2D eigenvalue weighted by atomic mass is 79.9. The Hall–Kier alpha value is -1.14. The third-order valence-corrected chi connectivity index (χ3v) is 2.67. The summed E-state index contributed by atoms with van der Waals surface area (Å²) < 4.78 is 0.600. The summed E-state index contributed by atoms with van der Waals surface area (Å²) in [5, 5.41) is 8.81. The maximum absolute atomic E-state index is 11.1. The summed E-state index contributed by atoms with van der Waals surface area (Å²) in [5.74, 6) is -0.0385. The summed E-state index contributed by atoms with van der Waals surface area (Å²) >= 11 is 3.25. The zero-order valence-electron chi connectivity index (χ0n) is 7.39. The van der Waals surface area contributed by atoms with Gasteiger partial charge in [0.05, 0.1) is 5.56 Å². The van der Waals surface area contributed by atoms with Gasteiger partial charge in [-0.15, -0.1) is 0 Å². The van der Waals surface area contributed by atoms with Crippen molar-refractivity contribution in [2.24, 2.45) is 0 Å². The van der Waals surface area contributed by atoms with Crippen LogP contribution in [0.2, 0.25) is 0 Å². The molecule has 0 unspecified atom stereocenters. The maximum atomic E-state index is 11.1. The van der Waals surface area contributed by atoms with Crippen molar-refractivity contribution in [2.45, 2.75) is 13.8 Å². The second-order valence-corrected chi connectivity index (χ2v) is 3.58. The molecule has 0 aliphatic rings. The predicted octanol–water partition coefficient (Wildman–Crippen LogP) is 2.83. The van der Waals surface area contributed by atoms with Gasteiger partial charge in [0.15, 0.2) is 5.78 Å². The molecule has 66 valence electrons. The van der Waals surface area contributed by atoms with Crippen LogP contribution in [-0.4, -0.2) is 5.78 Å². The van der Waals surface area contributed by atoms with Crippen molar-refractivity contribution in [3.8, 4) is 6.07 Å². The molecule has 13 heavy (non-hydrogen) atoms. The maximum Gasteiger partial charge on any atom is 0.160 e. The second kappa shape index (κ2) is 3.71. The van der Waals surface area contributed by atoms with E-state index in [1.807, 2.05) is 6.92 Å². The highest BCUT2D eigenvalue weighted by Crippen LogP contribution is 2.24. The van der Waals surface area contributed by atoms with Crippen LogP contribution in [0.25, 0.3) is 0 Å². The first kappa shape index (κ1) is 9.94. The molecule has 0 saturated heterocycles. The molecule has 3 heteroatoms. The predicted molar refractivity (Wildman–Crippen MR) is 53.6 cm³/mol. The molecule has 0 atom stereocenters. The number of rotatable bonds is 1. The molecule has 2 nitrogen and oxygen atoms in total. The molecule has 0 fully saturated rings. The topological polar surface area (TPSA) is 40.9 Å². The Balaban J connectivity index is 3.47. The Bertz CT molecular complexity index is 404. The van der Waals surface area contributed by atoms with Gasteiger partial charge in [0.1, 0.15) is 6.07 Å². The first-order chi connectivity index (χ1) is 6.07. The number of nitriles is 1. The van der Waals surface area contributed by atoms with Gasteiger partial charge in [-0.1, -0.05) is 6.07 Å². The summed E-state index contributed by atoms with van der Waals surface area (Å²) in [4.78, 5) is 11.1. The number of aryl methyl sites for hydroxylation is 1. The quantitative estimate of drug-likeness (QED) is 0.706. The monoisotopic (exact) mass is 237 g/mol. The zero-order valence-corrected chi connectivity index (χ0v) is 8.97. The van der Waals surface area contributed by atoms with Gasteiger partial charge in [0.25, 0.3) is 0 Å². The lowest BCUT2D eigenvalue weighted by atomic mass is 10.0. The first-order valence-electron chi connectivity index (χ1n) is 3.78. The highest BCUT2D eigenvalue weighted by molar-refractivity contribution is 9.10. The van der Waals surface area contributed by atoms with Crippen LogP contribution in [0.3, 0.4) is 0 Å². The Morgan fingerprint density at radius 3 is 2.62 bits per heavy atom. The molecule has 0 saturated carbocycles. The molecule has 0 spiro atoms. The first-order valence-corrected chi connectivity index (χ1v) is 4.57. The molecule has 0 N–H and O–H groups in total. The number of Topliss-reactive ketones (excluding diaryl/α,β-unsaturated/α-hetero) is 1. The summed E-state index contributed by atoms with van der Waals surface area (Å²) in [6, 6.07) is 5.56. The molecule has 0 heterocycles. The number of carbonyl (C=O) groups excluding carboxylic acids is 1. The van der Waals surface area contributed by atoms with E-state index in [9.17, 15) is 4.79 Å². The average molecular weight is 238 g/mol. The van der Waals surface area contributed by atoms with Crippen molar-refractivity contribution >= 4 is 21.7 Å². The zero-order chi connectivity index (χ0) is 10.0. The lowest BCUT2D eigenvalue weighted by Gasteiger charge is -2.04. The second-order valence-electron chi connectivity index (χ2n) is 2.79. The van der Waals surface area contributed by atoms with Crippen LogP contribution >= 0.6 is 15.9 Å². The fourth-order valence-corrected chi connectivity index (χ4v) is 1.89. The van der Waals surface area contributed by atoms with Crippen molar-refractivity contribution in [1.82, 2.24) is 0 Å². The van der Waals surface area contributed by atoms with E-state index in [1.54, 1.807) is 12.1 Å². The Kier molecular flexibility index (Phi) is 2.84. The summed E-state index contributed by atoms with van der Waals surface area (Å²) in [6.45, 7) is 3.32. The van der Waals surface area contributed by atoms with Crippen LogP contribution in [0.5, 0.6) is 0 Å². The van der Waals surface area contributed by atoms with E-state index in [2.05, 4.69) is 22.0 Å².